The quantitative estimate of drug-likeness (QED) is 0.590. The fourth-order valence-electron chi connectivity index (χ4n) is 2.41. The summed E-state index contributed by atoms with van der Waals surface area (Å²) in [5, 5.41) is 6.92. The van der Waals surface area contributed by atoms with Gasteiger partial charge in [-0.05, 0) is 24.3 Å². The molecule has 0 atom stereocenters. The SMILES string of the molecule is COc1cc(OC)c(NC(=O)COC(=O)c2ccc(-n3cccn3)nc2)cc1Cl. The highest BCUT2D eigenvalue weighted by atomic mass is 35.5. The standard InChI is InChI=1S/C19H17ClN4O5/c1-27-15-9-16(28-2)14(8-13(15)20)23-18(25)11-29-19(26)12-4-5-17(21-10-12)24-7-3-6-22-24/h3-10H,11H2,1-2H3,(H,23,25). The molecule has 3 rings (SSSR count). The molecular formula is C19H17ClN4O5. The van der Waals surface area contributed by atoms with Crippen LogP contribution in [0.15, 0.2) is 48.9 Å². The number of esters is 1. The van der Waals surface area contributed by atoms with E-state index in [1.807, 2.05) is 0 Å². The molecule has 0 bridgehead atoms. The number of pyridine rings is 1. The molecule has 1 N–H and O–H groups in total. The molecule has 2 heterocycles. The number of nitrogens with one attached hydrogen (secondary N) is 1. The molecule has 1 amide bonds. The number of anilines is 1. The smallest absolute Gasteiger partial charge is 0.340 e. The predicted octanol–water partition coefficient (Wildman–Crippen LogP) is 2.73. The number of amides is 1. The number of halogens is 1. The summed E-state index contributed by atoms with van der Waals surface area (Å²) in [6.45, 7) is -0.494. The van der Waals surface area contributed by atoms with Crippen molar-refractivity contribution in [1.29, 1.82) is 0 Å². The van der Waals surface area contributed by atoms with E-state index in [1.54, 1.807) is 29.2 Å². The monoisotopic (exact) mass is 416 g/mol. The van der Waals surface area contributed by atoms with Crippen molar-refractivity contribution in [1.82, 2.24) is 14.8 Å². The molecule has 0 aliphatic rings. The van der Waals surface area contributed by atoms with Gasteiger partial charge in [0.2, 0.25) is 0 Å². The molecule has 0 radical (unpaired) electrons. The Balaban J connectivity index is 1.59. The molecule has 150 valence electrons. The Kier molecular flexibility index (Phi) is 6.30. The van der Waals surface area contributed by atoms with Crippen LogP contribution in [-0.2, 0) is 9.53 Å². The van der Waals surface area contributed by atoms with Crippen LogP contribution in [0.4, 0.5) is 5.69 Å². The Labute approximate surface area is 171 Å². The van der Waals surface area contributed by atoms with Crippen molar-refractivity contribution in [2.45, 2.75) is 0 Å². The van der Waals surface area contributed by atoms with Crippen LogP contribution in [0.3, 0.4) is 0 Å². The molecule has 0 unspecified atom stereocenters. The van der Waals surface area contributed by atoms with Crippen molar-refractivity contribution >= 4 is 29.2 Å². The Morgan fingerprint density at radius 1 is 1.17 bits per heavy atom. The summed E-state index contributed by atoms with van der Waals surface area (Å²) < 4.78 is 16.9. The molecule has 3 aromatic rings. The number of aromatic nitrogens is 3. The van der Waals surface area contributed by atoms with Crippen LogP contribution >= 0.6 is 11.6 Å². The molecule has 0 saturated heterocycles. The van der Waals surface area contributed by atoms with E-state index in [9.17, 15) is 9.59 Å². The van der Waals surface area contributed by atoms with Crippen molar-refractivity contribution in [3.8, 4) is 17.3 Å². The van der Waals surface area contributed by atoms with Crippen LogP contribution in [0, 0.1) is 0 Å². The molecule has 0 fully saturated rings. The summed E-state index contributed by atoms with van der Waals surface area (Å²) in [6.07, 6.45) is 4.70. The van der Waals surface area contributed by atoms with Gasteiger partial charge in [0.15, 0.2) is 12.4 Å². The van der Waals surface area contributed by atoms with Crippen molar-refractivity contribution in [3.05, 3.63) is 59.5 Å². The maximum atomic E-state index is 12.1. The number of hydrogen-bond acceptors (Lipinski definition) is 7. The van der Waals surface area contributed by atoms with E-state index in [0.29, 0.717) is 28.0 Å². The highest BCUT2D eigenvalue weighted by Gasteiger charge is 2.15. The number of hydrogen-bond donors (Lipinski definition) is 1. The maximum absolute atomic E-state index is 12.1. The van der Waals surface area contributed by atoms with Gasteiger partial charge >= 0.3 is 5.97 Å². The summed E-state index contributed by atoms with van der Waals surface area (Å²) >= 11 is 6.07. The van der Waals surface area contributed by atoms with Crippen molar-refractivity contribution in [2.24, 2.45) is 0 Å². The molecule has 0 aliphatic carbocycles. The summed E-state index contributed by atoms with van der Waals surface area (Å²) in [7, 11) is 2.91. The van der Waals surface area contributed by atoms with Crippen LogP contribution in [0.25, 0.3) is 5.82 Å². The first-order chi connectivity index (χ1) is 14.0. The van der Waals surface area contributed by atoms with Crippen LogP contribution in [-0.4, -0.2) is 47.5 Å². The third kappa shape index (κ3) is 4.82. The molecule has 0 spiro atoms. The molecule has 0 saturated carbocycles. The zero-order valence-corrected chi connectivity index (χ0v) is 16.3. The number of carbonyl (C=O) groups is 2. The van der Waals surface area contributed by atoms with E-state index in [4.69, 9.17) is 25.8 Å². The maximum Gasteiger partial charge on any atom is 0.340 e. The number of rotatable bonds is 7. The van der Waals surface area contributed by atoms with E-state index in [1.165, 1.54) is 38.6 Å². The Morgan fingerprint density at radius 2 is 1.97 bits per heavy atom. The third-order valence-corrected chi connectivity index (χ3v) is 4.10. The number of methoxy groups -OCH3 is 2. The second kappa shape index (κ2) is 9.07. The van der Waals surface area contributed by atoms with Gasteiger partial charge in [-0.25, -0.2) is 14.5 Å². The zero-order chi connectivity index (χ0) is 20.8. The van der Waals surface area contributed by atoms with Gasteiger partial charge in [0, 0.05) is 24.7 Å². The first kappa shape index (κ1) is 20.2. The minimum Gasteiger partial charge on any atom is -0.495 e. The van der Waals surface area contributed by atoms with Gasteiger partial charge in [-0.1, -0.05) is 11.6 Å². The van der Waals surface area contributed by atoms with E-state index in [2.05, 4.69) is 15.4 Å². The number of benzene rings is 1. The molecule has 9 nitrogen and oxygen atoms in total. The highest BCUT2D eigenvalue weighted by molar-refractivity contribution is 6.32. The average molecular weight is 417 g/mol. The van der Waals surface area contributed by atoms with Gasteiger partial charge in [-0.2, -0.15) is 5.10 Å². The lowest BCUT2D eigenvalue weighted by Gasteiger charge is -2.13. The van der Waals surface area contributed by atoms with Crippen LogP contribution in [0.2, 0.25) is 5.02 Å². The topological polar surface area (TPSA) is 105 Å². The summed E-state index contributed by atoms with van der Waals surface area (Å²) in [5.74, 6) is 0.0644. The first-order valence-electron chi connectivity index (χ1n) is 8.36. The Morgan fingerprint density at radius 3 is 2.59 bits per heavy atom. The minimum atomic E-state index is -0.681. The second-order valence-electron chi connectivity index (χ2n) is 5.67. The fourth-order valence-corrected chi connectivity index (χ4v) is 2.65. The van der Waals surface area contributed by atoms with Crippen LogP contribution in [0.1, 0.15) is 10.4 Å². The molecule has 29 heavy (non-hydrogen) atoms. The van der Waals surface area contributed by atoms with E-state index < -0.39 is 18.5 Å². The van der Waals surface area contributed by atoms with Gasteiger partial charge in [0.25, 0.3) is 5.91 Å². The predicted molar refractivity (Wildman–Crippen MR) is 105 cm³/mol. The minimum absolute atomic E-state index is 0.207. The molecular weight excluding hydrogens is 400 g/mol. The average Bonchev–Trinajstić information content (AvgIpc) is 3.27. The van der Waals surface area contributed by atoms with Gasteiger partial charge in [0.05, 0.1) is 30.5 Å². The molecule has 1 aromatic carbocycles. The third-order valence-electron chi connectivity index (χ3n) is 3.81. The van der Waals surface area contributed by atoms with Crippen molar-refractivity contribution < 1.29 is 23.8 Å². The summed E-state index contributed by atoms with van der Waals surface area (Å²) in [4.78, 5) is 28.4. The second-order valence-corrected chi connectivity index (χ2v) is 6.07. The van der Waals surface area contributed by atoms with Gasteiger partial charge in [0.1, 0.15) is 11.5 Å². The molecule has 0 aliphatic heterocycles. The Hall–Kier alpha value is -3.59. The largest absolute Gasteiger partial charge is 0.495 e. The van der Waals surface area contributed by atoms with Crippen LogP contribution < -0.4 is 14.8 Å². The van der Waals surface area contributed by atoms with Gasteiger partial charge < -0.3 is 19.5 Å². The lowest BCUT2D eigenvalue weighted by molar-refractivity contribution is -0.119. The van der Waals surface area contributed by atoms with Gasteiger partial charge in [-0.15, -0.1) is 0 Å². The van der Waals surface area contributed by atoms with Gasteiger partial charge in [-0.3, -0.25) is 4.79 Å². The number of carbonyl (C=O) groups excluding carboxylic acids is 2. The normalized spacial score (nSPS) is 10.3. The lowest BCUT2D eigenvalue weighted by Crippen LogP contribution is -2.21. The fraction of sp³-hybridized carbons (Fsp3) is 0.158. The van der Waals surface area contributed by atoms with Crippen molar-refractivity contribution in [2.75, 3.05) is 26.1 Å². The Bertz CT molecular complexity index is 1010. The lowest BCUT2D eigenvalue weighted by atomic mass is 10.2. The molecule has 10 heteroatoms. The van der Waals surface area contributed by atoms with Crippen molar-refractivity contribution in [3.63, 3.8) is 0 Å². The van der Waals surface area contributed by atoms with E-state index in [-0.39, 0.29) is 5.56 Å². The van der Waals surface area contributed by atoms with Crippen LogP contribution in [0.5, 0.6) is 11.5 Å². The number of nitrogens with zero attached hydrogens (tertiary/aromatic N) is 3. The highest BCUT2D eigenvalue weighted by Crippen LogP contribution is 2.35. The summed E-state index contributed by atoms with van der Waals surface area (Å²) in [6, 6.07) is 7.94. The molecule has 2 aromatic heterocycles. The van der Waals surface area contributed by atoms with E-state index in [0.717, 1.165) is 0 Å². The summed E-state index contributed by atoms with van der Waals surface area (Å²) in [5.41, 5.74) is 0.531. The first-order valence-corrected chi connectivity index (χ1v) is 8.74. The van der Waals surface area contributed by atoms with E-state index >= 15 is 0 Å². The zero-order valence-electron chi connectivity index (χ0n) is 15.6. The number of ether oxygens (including phenoxy) is 3.